The Hall–Kier alpha value is -0.0400. The van der Waals surface area contributed by atoms with Crippen LogP contribution in [0.5, 0.6) is 0 Å². The molecule has 0 aromatic heterocycles. The lowest BCUT2D eigenvalue weighted by molar-refractivity contribution is 0.167. The van der Waals surface area contributed by atoms with E-state index in [1.165, 1.54) is 0 Å². The molecule has 0 saturated heterocycles. The van der Waals surface area contributed by atoms with Crippen LogP contribution in [0, 0.1) is 12.3 Å². The Morgan fingerprint density at radius 2 is 2.00 bits per heavy atom. The maximum absolute atomic E-state index is 4.88. The lowest BCUT2D eigenvalue weighted by Crippen LogP contribution is -2.08. The van der Waals surface area contributed by atoms with Gasteiger partial charge in [0.1, 0.15) is 0 Å². The van der Waals surface area contributed by atoms with Crippen LogP contribution in [0.1, 0.15) is 20.3 Å². The third-order valence-corrected chi connectivity index (χ3v) is 0.983. The number of rotatable bonds is 3. The van der Waals surface area contributed by atoms with Gasteiger partial charge in [-0.2, -0.15) is 0 Å². The van der Waals surface area contributed by atoms with Crippen molar-refractivity contribution in [3.05, 3.63) is 6.92 Å². The third-order valence-electron chi connectivity index (χ3n) is 0.983. The summed E-state index contributed by atoms with van der Waals surface area (Å²) in [5.74, 6) is 0. The zero-order valence-electron chi connectivity index (χ0n) is 6.03. The fraction of sp³-hybridized carbons (Fsp3) is 0.857. The fourth-order valence-electron chi connectivity index (χ4n) is 0.378. The Balaban J connectivity index is 3.11. The predicted molar refractivity (Wildman–Crippen MR) is 35.6 cm³/mol. The van der Waals surface area contributed by atoms with E-state index in [1.54, 1.807) is 7.11 Å². The summed E-state index contributed by atoms with van der Waals surface area (Å²) in [7, 11) is 1.71. The summed E-state index contributed by atoms with van der Waals surface area (Å²) in [6, 6.07) is 0. The van der Waals surface area contributed by atoms with Crippen molar-refractivity contribution in [1.29, 1.82) is 0 Å². The molecular formula is C7H15O. The molecule has 0 aliphatic carbocycles. The highest BCUT2D eigenvalue weighted by Crippen LogP contribution is 2.16. The van der Waals surface area contributed by atoms with E-state index in [1.807, 2.05) is 0 Å². The Morgan fingerprint density at radius 1 is 1.50 bits per heavy atom. The standard InChI is InChI=1S/C7H15O/c1-7(2,3)5-6-8-4/h1,5-6H2,2-4H3. The molecule has 49 valence electrons. The number of hydrogen-bond donors (Lipinski definition) is 0. The van der Waals surface area contributed by atoms with E-state index >= 15 is 0 Å². The van der Waals surface area contributed by atoms with Crippen molar-refractivity contribution in [3.63, 3.8) is 0 Å². The van der Waals surface area contributed by atoms with Crippen LogP contribution >= 0.6 is 0 Å². The van der Waals surface area contributed by atoms with Gasteiger partial charge in [-0.15, -0.1) is 0 Å². The molecule has 0 aromatic rings. The third kappa shape index (κ3) is 5.96. The minimum absolute atomic E-state index is 0.177. The summed E-state index contributed by atoms with van der Waals surface area (Å²) in [6.07, 6.45) is 1.03. The topological polar surface area (TPSA) is 9.23 Å². The Bertz CT molecular complexity index is 51.9. The molecule has 1 radical (unpaired) electrons. The van der Waals surface area contributed by atoms with E-state index in [-0.39, 0.29) is 5.41 Å². The lowest BCUT2D eigenvalue weighted by atomic mass is 9.93. The Morgan fingerprint density at radius 3 is 2.12 bits per heavy atom. The van der Waals surface area contributed by atoms with Gasteiger partial charge in [-0.3, -0.25) is 0 Å². The second kappa shape index (κ2) is 3.08. The van der Waals surface area contributed by atoms with Crippen LogP contribution in [0.2, 0.25) is 0 Å². The van der Waals surface area contributed by atoms with Crippen LogP contribution < -0.4 is 0 Å². The highest BCUT2D eigenvalue weighted by molar-refractivity contribution is 4.69. The minimum atomic E-state index is 0.177. The van der Waals surface area contributed by atoms with Crippen LogP contribution in [0.3, 0.4) is 0 Å². The van der Waals surface area contributed by atoms with Crippen molar-refractivity contribution in [2.75, 3.05) is 13.7 Å². The number of hydrogen-bond acceptors (Lipinski definition) is 1. The molecular weight excluding hydrogens is 100 g/mol. The highest BCUT2D eigenvalue weighted by atomic mass is 16.5. The zero-order valence-corrected chi connectivity index (χ0v) is 6.03. The SMILES string of the molecule is [CH2]C(C)(C)CCOC. The predicted octanol–water partition coefficient (Wildman–Crippen LogP) is 1.88. The summed E-state index contributed by atoms with van der Waals surface area (Å²) < 4.78 is 4.88. The van der Waals surface area contributed by atoms with E-state index in [4.69, 9.17) is 4.74 Å². The van der Waals surface area contributed by atoms with E-state index in [2.05, 4.69) is 20.8 Å². The largest absolute Gasteiger partial charge is 0.385 e. The molecule has 0 aliphatic heterocycles. The molecule has 0 aliphatic rings. The quantitative estimate of drug-likeness (QED) is 0.545. The summed E-state index contributed by atoms with van der Waals surface area (Å²) in [5.41, 5.74) is 0.177. The first-order chi connectivity index (χ1) is 3.56. The monoisotopic (exact) mass is 115 g/mol. The maximum atomic E-state index is 4.88. The minimum Gasteiger partial charge on any atom is -0.385 e. The first kappa shape index (κ1) is 7.96. The summed E-state index contributed by atoms with van der Waals surface area (Å²) >= 11 is 0. The summed E-state index contributed by atoms with van der Waals surface area (Å²) in [5, 5.41) is 0. The zero-order chi connectivity index (χ0) is 6.62. The fourth-order valence-corrected chi connectivity index (χ4v) is 0.378. The van der Waals surface area contributed by atoms with Crippen LogP contribution in [-0.2, 0) is 4.74 Å². The van der Waals surface area contributed by atoms with Crippen molar-refractivity contribution >= 4 is 0 Å². The molecule has 0 spiro atoms. The summed E-state index contributed by atoms with van der Waals surface area (Å²) in [4.78, 5) is 0. The molecule has 0 N–H and O–H groups in total. The molecule has 1 nitrogen and oxygen atoms in total. The molecule has 0 amide bonds. The van der Waals surface area contributed by atoms with E-state index in [9.17, 15) is 0 Å². The van der Waals surface area contributed by atoms with Gasteiger partial charge in [0.2, 0.25) is 0 Å². The van der Waals surface area contributed by atoms with Gasteiger partial charge in [0, 0.05) is 13.7 Å². The molecule has 0 fully saturated rings. The lowest BCUT2D eigenvalue weighted by Gasteiger charge is -2.15. The van der Waals surface area contributed by atoms with E-state index < -0.39 is 0 Å². The highest BCUT2D eigenvalue weighted by Gasteiger charge is 2.08. The van der Waals surface area contributed by atoms with Gasteiger partial charge in [-0.25, -0.2) is 0 Å². The molecule has 0 aromatic carbocycles. The van der Waals surface area contributed by atoms with E-state index in [0.29, 0.717) is 0 Å². The van der Waals surface area contributed by atoms with Crippen molar-refractivity contribution in [2.45, 2.75) is 20.3 Å². The first-order valence-electron chi connectivity index (χ1n) is 2.90. The van der Waals surface area contributed by atoms with Crippen LogP contribution in [0.15, 0.2) is 0 Å². The second-order valence-corrected chi connectivity index (χ2v) is 2.91. The van der Waals surface area contributed by atoms with Gasteiger partial charge in [-0.05, 0) is 18.8 Å². The van der Waals surface area contributed by atoms with Crippen molar-refractivity contribution in [2.24, 2.45) is 5.41 Å². The first-order valence-corrected chi connectivity index (χ1v) is 2.90. The molecule has 1 heteroatoms. The Labute approximate surface area is 52.0 Å². The van der Waals surface area contributed by atoms with Gasteiger partial charge in [0.25, 0.3) is 0 Å². The molecule has 0 atom stereocenters. The average Bonchev–Trinajstić information content (AvgIpc) is 1.59. The van der Waals surface area contributed by atoms with E-state index in [0.717, 1.165) is 13.0 Å². The normalized spacial score (nSPS) is 12.0. The molecule has 0 unspecified atom stereocenters. The maximum Gasteiger partial charge on any atom is 0.0467 e. The van der Waals surface area contributed by atoms with Gasteiger partial charge in [0.15, 0.2) is 0 Å². The van der Waals surface area contributed by atoms with Gasteiger partial charge >= 0.3 is 0 Å². The van der Waals surface area contributed by atoms with Crippen molar-refractivity contribution < 1.29 is 4.74 Å². The Kier molecular flexibility index (Phi) is 3.06. The molecule has 0 bridgehead atoms. The van der Waals surface area contributed by atoms with Crippen molar-refractivity contribution in [1.82, 2.24) is 0 Å². The van der Waals surface area contributed by atoms with Crippen LogP contribution in [0.25, 0.3) is 0 Å². The average molecular weight is 115 g/mol. The van der Waals surface area contributed by atoms with Crippen LogP contribution in [0.4, 0.5) is 0 Å². The smallest absolute Gasteiger partial charge is 0.0467 e. The van der Waals surface area contributed by atoms with Gasteiger partial charge in [-0.1, -0.05) is 13.8 Å². The molecule has 0 saturated carbocycles. The van der Waals surface area contributed by atoms with Gasteiger partial charge in [0.05, 0.1) is 0 Å². The second-order valence-electron chi connectivity index (χ2n) is 2.91. The molecule has 0 heterocycles. The number of methoxy groups -OCH3 is 1. The molecule has 0 rings (SSSR count). The number of ether oxygens (including phenoxy) is 1. The van der Waals surface area contributed by atoms with Gasteiger partial charge < -0.3 is 4.74 Å². The van der Waals surface area contributed by atoms with Crippen molar-refractivity contribution in [3.8, 4) is 0 Å². The summed E-state index contributed by atoms with van der Waals surface area (Å²) in [6.45, 7) is 8.95. The molecule has 8 heavy (non-hydrogen) atoms. The van der Waals surface area contributed by atoms with Crippen LogP contribution in [-0.4, -0.2) is 13.7 Å².